The van der Waals surface area contributed by atoms with Gasteiger partial charge in [0.05, 0.1) is 13.7 Å². The van der Waals surface area contributed by atoms with Gasteiger partial charge in [0.1, 0.15) is 0 Å². The molecule has 18 heavy (non-hydrogen) atoms. The van der Waals surface area contributed by atoms with Crippen LogP contribution in [0, 0.1) is 5.92 Å². The summed E-state index contributed by atoms with van der Waals surface area (Å²) in [5.74, 6) is -1.84. The molecule has 0 N–H and O–H groups in total. The Hall–Kier alpha value is -1.32. The second-order valence-electron chi connectivity index (χ2n) is 4.17. The quantitative estimate of drug-likeness (QED) is 0.261. The van der Waals surface area contributed by atoms with E-state index >= 15 is 0 Å². The highest BCUT2D eigenvalue weighted by molar-refractivity contribution is 5.94. The van der Waals surface area contributed by atoms with Crippen LogP contribution in [0.15, 0.2) is 12.7 Å². The van der Waals surface area contributed by atoms with Gasteiger partial charge in [0, 0.05) is 0 Å². The van der Waals surface area contributed by atoms with E-state index < -0.39 is 17.9 Å². The van der Waals surface area contributed by atoms with Crippen molar-refractivity contribution in [3.63, 3.8) is 0 Å². The lowest BCUT2D eigenvalue weighted by molar-refractivity contribution is -0.160. The molecule has 0 aliphatic rings. The van der Waals surface area contributed by atoms with E-state index in [0.29, 0.717) is 19.4 Å². The van der Waals surface area contributed by atoms with Gasteiger partial charge in [0.25, 0.3) is 0 Å². The van der Waals surface area contributed by atoms with Crippen molar-refractivity contribution in [1.82, 2.24) is 0 Å². The van der Waals surface area contributed by atoms with E-state index in [1.54, 1.807) is 6.08 Å². The Bertz CT molecular complexity index is 261. The summed E-state index contributed by atoms with van der Waals surface area (Å²) >= 11 is 0. The number of esters is 2. The van der Waals surface area contributed by atoms with Gasteiger partial charge < -0.3 is 9.47 Å². The summed E-state index contributed by atoms with van der Waals surface area (Å²) in [5, 5.41) is 0. The van der Waals surface area contributed by atoms with Crippen molar-refractivity contribution in [2.75, 3.05) is 13.7 Å². The second kappa shape index (κ2) is 10.8. The Morgan fingerprint density at radius 1 is 1.22 bits per heavy atom. The van der Waals surface area contributed by atoms with Gasteiger partial charge in [-0.2, -0.15) is 0 Å². The third-order valence-corrected chi connectivity index (χ3v) is 2.67. The third-order valence-electron chi connectivity index (χ3n) is 2.67. The van der Waals surface area contributed by atoms with Crippen molar-refractivity contribution in [3.05, 3.63) is 12.7 Å². The molecule has 0 saturated carbocycles. The van der Waals surface area contributed by atoms with Gasteiger partial charge in [-0.25, -0.2) is 0 Å². The molecule has 4 heteroatoms. The van der Waals surface area contributed by atoms with Gasteiger partial charge in [-0.05, 0) is 19.3 Å². The number of rotatable bonds is 10. The van der Waals surface area contributed by atoms with Crippen LogP contribution in [0.5, 0.6) is 0 Å². The van der Waals surface area contributed by atoms with Crippen LogP contribution >= 0.6 is 0 Å². The number of hydrogen-bond donors (Lipinski definition) is 0. The van der Waals surface area contributed by atoms with E-state index in [1.165, 1.54) is 7.11 Å². The molecule has 0 radical (unpaired) electrons. The van der Waals surface area contributed by atoms with Crippen LogP contribution in [0.25, 0.3) is 0 Å². The molecule has 0 heterocycles. The smallest absolute Gasteiger partial charge is 0.320 e. The fraction of sp³-hybridized carbons (Fsp3) is 0.714. The molecule has 0 aromatic carbocycles. The lowest BCUT2D eigenvalue weighted by atomic mass is 10.0. The van der Waals surface area contributed by atoms with E-state index in [0.717, 1.165) is 25.7 Å². The Morgan fingerprint density at radius 3 is 2.50 bits per heavy atom. The highest BCUT2D eigenvalue weighted by Gasteiger charge is 2.28. The Balaban J connectivity index is 4.04. The Morgan fingerprint density at radius 2 is 1.94 bits per heavy atom. The molecule has 0 amide bonds. The summed E-state index contributed by atoms with van der Waals surface area (Å²) in [5.41, 5.74) is 0. The number of allylic oxidation sites excluding steroid dienone is 1. The maximum Gasteiger partial charge on any atom is 0.320 e. The number of ether oxygens (including phenoxy) is 2. The van der Waals surface area contributed by atoms with Crippen LogP contribution in [0.3, 0.4) is 0 Å². The predicted molar refractivity (Wildman–Crippen MR) is 70.0 cm³/mol. The molecule has 4 nitrogen and oxygen atoms in total. The summed E-state index contributed by atoms with van der Waals surface area (Å²) in [6.07, 6.45) is 6.81. The highest BCUT2D eigenvalue weighted by atomic mass is 16.5. The van der Waals surface area contributed by atoms with E-state index in [2.05, 4.69) is 18.2 Å². The van der Waals surface area contributed by atoms with Crippen LogP contribution in [0.4, 0.5) is 0 Å². The topological polar surface area (TPSA) is 52.6 Å². The molecular weight excluding hydrogens is 232 g/mol. The molecule has 0 rings (SSSR count). The zero-order chi connectivity index (χ0) is 13.8. The van der Waals surface area contributed by atoms with Gasteiger partial charge in [0.2, 0.25) is 0 Å². The first-order valence-corrected chi connectivity index (χ1v) is 6.52. The van der Waals surface area contributed by atoms with Gasteiger partial charge in [-0.1, -0.05) is 32.3 Å². The monoisotopic (exact) mass is 256 g/mol. The van der Waals surface area contributed by atoms with Crippen molar-refractivity contribution in [2.45, 2.75) is 45.4 Å². The minimum absolute atomic E-state index is 0.375. The number of methoxy groups -OCH3 is 1. The normalized spacial score (nSPS) is 11.7. The zero-order valence-electron chi connectivity index (χ0n) is 11.4. The number of unbranched alkanes of at least 4 members (excludes halogenated alkanes) is 3. The number of carbonyl (C=O) groups excluding carboxylic acids is 2. The first kappa shape index (κ1) is 16.7. The minimum atomic E-state index is -0.820. The molecule has 104 valence electrons. The fourth-order valence-corrected chi connectivity index (χ4v) is 1.56. The van der Waals surface area contributed by atoms with Crippen molar-refractivity contribution in [3.8, 4) is 0 Å². The molecule has 0 spiro atoms. The first-order chi connectivity index (χ1) is 8.67. The molecule has 0 bridgehead atoms. The summed E-state index contributed by atoms with van der Waals surface area (Å²) in [7, 11) is 1.28. The number of carbonyl (C=O) groups is 2. The van der Waals surface area contributed by atoms with E-state index in [4.69, 9.17) is 4.74 Å². The maximum atomic E-state index is 11.7. The summed E-state index contributed by atoms with van der Waals surface area (Å²) in [6.45, 7) is 6.06. The van der Waals surface area contributed by atoms with Crippen LogP contribution in [-0.2, 0) is 19.1 Å². The van der Waals surface area contributed by atoms with Crippen LogP contribution in [0.1, 0.15) is 45.4 Å². The number of hydrogen-bond acceptors (Lipinski definition) is 4. The molecule has 1 unspecified atom stereocenters. The maximum absolute atomic E-state index is 11.7. The lowest BCUT2D eigenvalue weighted by Crippen LogP contribution is -2.27. The molecule has 0 aromatic rings. The predicted octanol–water partition coefficient (Wildman–Crippen LogP) is 2.87. The first-order valence-electron chi connectivity index (χ1n) is 6.52. The standard InChI is InChI=1S/C14H24O4/c1-4-6-8-9-11-18-14(16)12(10-7-5-2)13(15)17-3/h5,12H,2,4,6-11H2,1,3H3. The van der Waals surface area contributed by atoms with Gasteiger partial charge in [-0.3, -0.25) is 9.59 Å². The fourth-order valence-electron chi connectivity index (χ4n) is 1.56. The SMILES string of the molecule is C=CCCC(C(=O)OC)C(=O)OCCCCCC. The molecular formula is C14H24O4. The average molecular weight is 256 g/mol. The van der Waals surface area contributed by atoms with E-state index in [1.807, 2.05) is 0 Å². The van der Waals surface area contributed by atoms with Crippen LogP contribution in [0.2, 0.25) is 0 Å². The molecule has 0 aliphatic carbocycles. The second-order valence-corrected chi connectivity index (χ2v) is 4.17. The van der Waals surface area contributed by atoms with Crippen molar-refractivity contribution >= 4 is 11.9 Å². The molecule has 0 aliphatic heterocycles. The van der Waals surface area contributed by atoms with Crippen LogP contribution < -0.4 is 0 Å². The highest BCUT2D eigenvalue weighted by Crippen LogP contribution is 2.12. The van der Waals surface area contributed by atoms with Crippen molar-refractivity contribution in [1.29, 1.82) is 0 Å². The Labute approximate surface area is 109 Å². The van der Waals surface area contributed by atoms with E-state index in [-0.39, 0.29) is 0 Å². The zero-order valence-corrected chi connectivity index (χ0v) is 11.4. The lowest BCUT2D eigenvalue weighted by Gasteiger charge is -2.13. The van der Waals surface area contributed by atoms with Gasteiger partial charge in [0.15, 0.2) is 5.92 Å². The van der Waals surface area contributed by atoms with Gasteiger partial charge >= 0.3 is 11.9 Å². The average Bonchev–Trinajstić information content (AvgIpc) is 2.38. The van der Waals surface area contributed by atoms with Crippen LogP contribution in [-0.4, -0.2) is 25.7 Å². The van der Waals surface area contributed by atoms with Crippen molar-refractivity contribution in [2.24, 2.45) is 5.92 Å². The summed E-state index contributed by atoms with van der Waals surface area (Å²) < 4.78 is 9.70. The Kier molecular flexibility index (Phi) is 10.0. The van der Waals surface area contributed by atoms with Crippen molar-refractivity contribution < 1.29 is 19.1 Å². The molecule has 0 saturated heterocycles. The molecule has 0 aromatic heterocycles. The van der Waals surface area contributed by atoms with E-state index in [9.17, 15) is 9.59 Å². The minimum Gasteiger partial charge on any atom is -0.468 e. The summed E-state index contributed by atoms with van der Waals surface area (Å²) in [4.78, 5) is 23.2. The largest absolute Gasteiger partial charge is 0.468 e. The summed E-state index contributed by atoms with van der Waals surface area (Å²) in [6, 6.07) is 0. The molecule has 1 atom stereocenters. The molecule has 0 fully saturated rings. The third kappa shape index (κ3) is 7.09. The van der Waals surface area contributed by atoms with Gasteiger partial charge in [-0.15, -0.1) is 6.58 Å².